The molecule has 0 unspecified atom stereocenters. The summed E-state index contributed by atoms with van der Waals surface area (Å²) in [7, 11) is -2.26. The van der Waals surface area contributed by atoms with Crippen LogP contribution in [0.25, 0.3) is 22.3 Å². The molecule has 4 rings (SSSR count). The zero-order chi connectivity index (χ0) is 25.2. The first kappa shape index (κ1) is 24.5. The molecule has 0 saturated carbocycles. The van der Waals surface area contributed by atoms with Crippen LogP contribution < -0.4 is 20.9 Å². The Morgan fingerprint density at radius 2 is 1.60 bits per heavy atom. The lowest BCUT2D eigenvalue weighted by molar-refractivity contribution is 0.102. The van der Waals surface area contributed by atoms with Gasteiger partial charge in [-0.25, -0.2) is 13.6 Å². The van der Waals surface area contributed by atoms with Gasteiger partial charge in [0.15, 0.2) is 0 Å². The van der Waals surface area contributed by atoms with Crippen LogP contribution in [0.3, 0.4) is 0 Å². The number of ether oxygens (including phenoxy) is 1. The molecule has 4 aromatic rings. The minimum atomic E-state index is -3.82. The van der Waals surface area contributed by atoms with Gasteiger partial charge in [-0.1, -0.05) is 40.2 Å². The summed E-state index contributed by atoms with van der Waals surface area (Å²) in [5.41, 5.74) is 10.7. The third kappa shape index (κ3) is 5.71. The van der Waals surface area contributed by atoms with E-state index in [1.807, 2.05) is 18.2 Å². The van der Waals surface area contributed by atoms with Crippen LogP contribution in [0.4, 0.5) is 11.4 Å². The molecule has 5 N–H and O–H groups in total. The molecule has 0 atom stereocenters. The maximum Gasteiger partial charge on any atom is 0.255 e. The number of hydrogen-bond acceptors (Lipinski definition) is 5. The van der Waals surface area contributed by atoms with Gasteiger partial charge in [0, 0.05) is 33.0 Å². The molecule has 0 saturated heterocycles. The normalized spacial score (nSPS) is 11.2. The van der Waals surface area contributed by atoms with Crippen LogP contribution in [0.2, 0.25) is 0 Å². The molecule has 0 aliphatic heterocycles. The monoisotopic (exact) mass is 551 g/mol. The predicted molar refractivity (Wildman–Crippen MR) is 142 cm³/mol. The van der Waals surface area contributed by atoms with Crippen molar-refractivity contribution >= 4 is 43.2 Å². The number of nitrogens with one attached hydrogen (secondary N) is 1. The van der Waals surface area contributed by atoms with Gasteiger partial charge < -0.3 is 15.8 Å². The first-order chi connectivity index (χ1) is 16.6. The SMILES string of the molecule is COc1cccc(NC(=O)c2cc(-c3ccc(S(N)(=O)=O)cc3)cc(-c3ccc(Br)cc3N)c2)c1. The van der Waals surface area contributed by atoms with Crippen molar-refractivity contribution in [2.45, 2.75) is 4.90 Å². The summed E-state index contributed by atoms with van der Waals surface area (Å²) in [4.78, 5) is 13.2. The van der Waals surface area contributed by atoms with Gasteiger partial charge in [-0.2, -0.15) is 0 Å². The van der Waals surface area contributed by atoms with E-state index in [-0.39, 0.29) is 10.8 Å². The number of amides is 1. The van der Waals surface area contributed by atoms with Crippen LogP contribution in [0.5, 0.6) is 5.75 Å². The second-order valence-electron chi connectivity index (χ2n) is 7.79. The number of carbonyl (C=O) groups is 1. The fourth-order valence-corrected chi connectivity index (χ4v) is 4.51. The van der Waals surface area contributed by atoms with E-state index in [4.69, 9.17) is 15.6 Å². The average Bonchev–Trinajstić information content (AvgIpc) is 2.83. The van der Waals surface area contributed by atoms with E-state index >= 15 is 0 Å². The molecule has 0 fully saturated rings. The van der Waals surface area contributed by atoms with Gasteiger partial charge in [-0.05, 0) is 71.3 Å². The number of benzene rings is 4. The van der Waals surface area contributed by atoms with Crippen molar-refractivity contribution in [3.05, 3.63) is 95.0 Å². The molecule has 178 valence electrons. The molecule has 0 aromatic heterocycles. The molecule has 0 heterocycles. The third-order valence-corrected chi connectivity index (χ3v) is 6.79. The Hall–Kier alpha value is -3.66. The fourth-order valence-electron chi connectivity index (χ4n) is 3.62. The van der Waals surface area contributed by atoms with Gasteiger partial charge in [0.25, 0.3) is 5.91 Å². The smallest absolute Gasteiger partial charge is 0.255 e. The lowest BCUT2D eigenvalue weighted by atomic mass is 9.95. The van der Waals surface area contributed by atoms with Crippen molar-refractivity contribution in [1.29, 1.82) is 0 Å². The Balaban J connectivity index is 1.80. The Labute approximate surface area is 211 Å². The second kappa shape index (κ2) is 9.91. The van der Waals surface area contributed by atoms with E-state index in [0.717, 1.165) is 15.6 Å². The minimum absolute atomic E-state index is 0.00514. The van der Waals surface area contributed by atoms with Crippen LogP contribution in [0.15, 0.2) is 94.3 Å². The molecule has 9 heteroatoms. The maximum atomic E-state index is 13.2. The van der Waals surface area contributed by atoms with Crippen molar-refractivity contribution in [2.24, 2.45) is 5.14 Å². The van der Waals surface area contributed by atoms with E-state index in [2.05, 4.69) is 21.2 Å². The minimum Gasteiger partial charge on any atom is -0.497 e. The molecule has 0 bridgehead atoms. The highest BCUT2D eigenvalue weighted by Gasteiger charge is 2.14. The zero-order valence-electron chi connectivity index (χ0n) is 18.7. The van der Waals surface area contributed by atoms with Crippen LogP contribution in [0, 0.1) is 0 Å². The van der Waals surface area contributed by atoms with Crippen molar-refractivity contribution < 1.29 is 17.9 Å². The van der Waals surface area contributed by atoms with Gasteiger partial charge in [0.1, 0.15) is 5.75 Å². The largest absolute Gasteiger partial charge is 0.497 e. The third-order valence-electron chi connectivity index (χ3n) is 5.36. The Morgan fingerprint density at radius 3 is 2.26 bits per heavy atom. The van der Waals surface area contributed by atoms with Gasteiger partial charge in [-0.15, -0.1) is 0 Å². The summed E-state index contributed by atoms with van der Waals surface area (Å²) in [5, 5.41) is 8.11. The molecular formula is C26H22BrN3O4S. The molecule has 7 nitrogen and oxygen atoms in total. The Kier molecular flexibility index (Phi) is 6.93. The summed E-state index contributed by atoms with van der Waals surface area (Å²) < 4.78 is 29.4. The number of hydrogen-bond donors (Lipinski definition) is 3. The number of nitrogens with two attached hydrogens (primary N) is 2. The number of halogens is 1. The highest BCUT2D eigenvalue weighted by molar-refractivity contribution is 9.10. The highest BCUT2D eigenvalue weighted by atomic mass is 79.9. The molecule has 0 radical (unpaired) electrons. The summed E-state index contributed by atoms with van der Waals surface area (Å²) in [6, 6.07) is 24.1. The standard InChI is InChI=1S/C26H22BrN3O4S/c1-34-22-4-2-3-21(15-22)30-26(31)19-12-17(16-5-8-23(9-6-16)35(29,32)33)11-18(13-19)24-10-7-20(27)14-25(24)28/h2-15H,28H2,1H3,(H,30,31)(H2,29,32,33). The molecule has 0 spiro atoms. The van der Waals surface area contributed by atoms with Gasteiger partial charge >= 0.3 is 0 Å². The van der Waals surface area contributed by atoms with Crippen molar-refractivity contribution in [3.63, 3.8) is 0 Å². The second-order valence-corrected chi connectivity index (χ2v) is 10.3. The Morgan fingerprint density at radius 1 is 0.886 bits per heavy atom. The van der Waals surface area contributed by atoms with E-state index in [0.29, 0.717) is 33.8 Å². The molecule has 4 aromatic carbocycles. The summed E-state index contributed by atoms with van der Waals surface area (Å²) in [5.74, 6) is 0.299. The van der Waals surface area contributed by atoms with Gasteiger partial charge in [-0.3, -0.25) is 4.79 Å². The van der Waals surface area contributed by atoms with E-state index in [1.165, 1.54) is 12.1 Å². The average molecular weight is 552 g/mol. The van der Waals surface area contributed by atoms with Crippen molar-refractivity contribution in [3.8, 4) is 28.0 Å². The molecule has 35 heavy (non-hydrogen) atoms. The van der Waals surface area contributed by atoms with E-state index in [9.17, 15) is 13.2 Å². The van der Waals surface area contributed by atoms with E-state index in [1.54, 1.807) is 61.7 Å². The lowest BCUT2D eigenvalue weighted by Gasteiger charge is -2.13. The van der Waals surface area contributed by atoms with Crippen LogP contribution in [-0.4, -0.2) is 21.4 Å². The predicted octanol–water partition coefficient (Wildman–Crippen LogP) is 5.27. The zero-order valence-corrected chi connectivity index (χ0v) is 21.1. The summed E-state index contributed by atoms with van der Waals surface area (Å²) in [6.07, 6.45) is 0. The first-order valence-electron chi connectivity index (χ1n) is 10.4. The van der Waals surface area contributed by atoms with Gasteiger partial charge in [0.2, 0.25) is 10.0 Å². The number of anilines is 2. The lowest BCUT2D eigenvalue weighted by Crippen LogP contribution is -2.12. The van der Waals surface area contributed by atoms with Crippen LogP contribution in [-0.2, 0) is 10.0 Å². The van der Waals surface area contributed by atoms with E-state index < -0.39 is 10.0 Å². The van der Waals surface area contributed by atoms with Crippen LogP contribution >= 0.6 is 15.9 Å². The molecule has 0 aliphatic rings. The number of primary sulfonamides is 1. The fraction of sp³-hybridized carbons (Fsp3) is 0.0385. The number of sulfonamides is 1. The first-order valence-corrected chi connectivity index (χ1v) is 12.8. The quantitative estimate of drug-likeness (QED) is 0.281. The molecule has 1 amide bonds. The molecular weight excluding hydrogens is 530 g/mol. The number of nitrogen functional groups attached to an aromatic ring is 1. The summed E-state index contributed by atoms with van der Waals surface area (Å²) >= 11 is 3.42. The summed E-state index contributed by atoms with van der Waals surface area (Å²) in [6.45, 7) is 0. The highest BCUT2D eigenvalue weighted by Crippen LogP contribution is 2.33. The van der Waals surface area contributed by atoms with Crippen molar-refractivity contribution in [1.82, 2.24) is 0 Å². The van der Waals surface area contributed by atoms with Crippen LogP contribution in [0.1, 0.15) is 10.4 Å². The maximum absolute atomic E-state index is 13.2. The van der Waals surface area contributed by atoms with Gasteiger partial charge in [0.05, 0.1) is 12.0 Å². The molecule has 0 aliphatic carbocycles. The Bertz CT molecular complexity index is 1520. The number of methoxy groups -OCH3 is 1. The number of carbonyl (C=O) groups excluding carboxylic acids is 1. The number of rotatable bonds is 6. The van der Waals surface area contributed by atoms with Crippen molar-refractivity contribution in [2.75, 3.05) is 18.2 Å². The topological polar surface area (TPSA) is 125 Å².